The second-order valence-electron chi connectivity index (χ2n) is 9.07. The quantitative estimate of drug-likeness (QED) is 0.0715. The van der Waals surface area contributed by atoms with Gasteiger partial charge in [-0.2, -0.15) is 0 Å². The monoisotopic (exact) mass is 518 g/mol. The number of hydrogen-bond acceptors (Lipinski definition) is 6. The lowest BCUT2D eigenvalue weighted by atomic mass is 10.0. The molecule has 0 bridgehead atoms. The minimum Gasteiger partial charge on any atom is -0.370 e. The van der Waals surface area contributed by atoms with Gasteiger partial charge in [-0.15, -0.1) is 0 Å². The summed E-state index contributed by atoms with van der Waals surface area (Å²) in [6.07, 6.45) is 6.39. The zero-order valence-electron chi connectivity index (χ0n) is 21.9. The standard InChI is InChI=1S/C26H46N8O3/c27-15-7-5-13-21(24(36)31-17-9-2-10-18-32-26(29)30)34-25(37)22(14-6-8-16-28)33-23(35)19-20-11-3-1-4-12-20/h1,3-4,11-12,21-22H,2,5-10,13-19,27-28H2,(H,31,36)(H,33,35)(H,34,37)(H4,29,30,32)/t21-,22-/m0/s1. The zero-order chi connectivity index (χ0) is 27.3. The minimum atomic E-state index is -0.747. The first-order valence-corrected chi connectivity index (χ1v) is 13.2. The Balaban J connectivity index is 2.70. The van der Waals surface area contributed by atoms with E-state index in [-0.39, 0.29) is 30.1 Å². The van der Waals surface area contributed by atoms with Gasteiger partial charge in [0.05, 0.1) is 6.42 Å². The SMILES string of the molecule is NCCCC[C@H](NC(=O)Cc1ccccc1)C(=O)N[C@@H](CCCCN)C(=O)NCCCCCN=C(N)N. The third kappa shape index (κ3) is 15.5. The summed E-state index contributed by atoms with van der Waals surface area (Å²) in [4.78, 5) is 42.6. The Morgan fingerprint density at radius 1 is 0.757 bits per heavy atom. The maximum atomic E-state index is 13.2. The average Bonchev–Trinajstić information content (AvgIpc) is 2.87. The molecule has 1 aromatic carbocycles. The third-order valence-electron chi connectivity index (χ3n) is 5.81. The van der Waals surface area contributed by atoms with Crippen molar-refractivity contribution in [2.45, 2.75) is 76.3 Å². The van der Waals surface area contributed by atoms with E-state index in [1.54, 1.807) is 0 Å². The van der Waals surface area contributed by atoms with Crippen molar-refractivity contribution >= 4 is 23.7 Å². The van der Waals surface area contributed by atoms with Crippen molar-refractivity contribution in [1.29, 1.82) is 0 Å². The highest BCUT2D eigenvalue weighted by Gasteiger charge is 2.26. The average molecular weight is 519 g/mol. The van der Waals surface area contributed by atoms with Crippen molar-refractivity contribution in [3.05, 3.63) is 35.9 Å². The van der Waals surface area contributed by atoms with Crippen molar-refractivity contribution in [2.24, 2.45) is 27.9 Å². The van der Waals surface area contributed by atoms with Gasteiger partial charge in [0.2, 0.25) is 17.7 Å². The molecule has 2 atom stereocenters. The Hall–Kier alpha value is -3.18. The molecule has 0 heterocycles. The van der Waals surface area contributed by atoms with Crippen molar-refractivity contribution in [3.8, 4) is 0 Å². The van der Waals surface area contributed by atoms with Crippen LogP contribution in [0.25, 0.3) is 0 Å². The van der Waals surface area contributed by atoms with E-state index >= 15 is 0 Å². The molecular weight excluding hydrogens is 472 g/mol. The van der Waals surface area contributed by atoms with E-state index in [2.05, 4.69) is 20.9 Å². The molecule has 0 saturated heterocycles. The number of carbonyl (C=O) groups is 3. The van der Waals surface area contributed by atoms with Gasteiger partial charge in [0.25, 0.3) is 0 Å². The number of rotatable bonds is 20. The molecule has 1 aromatic rings. The van der Waals surface area contributed by atoms with E-state index in [4.69, 9.17) is 22.9 Å². The van der Waals surface area contributed by atoms with Crippen LogP contribution in [0.15, 0.2) is 35.3 Å². The molecule has 11 N–H and O–H groups in total. The van der Waals surface area contributed by atoms with Crippen LogP contribution in [-0.2, 0) is 20.8 Å². The molecule has 0 aliphatic heterocycles. The molecule has 0 unspecified atom stereocenters. The third-order valence-corrected chi connectivity index (χ3v) is 5.81. The summed E-state index contributed by atoms with van der Waals surface area (Å²) in [6.45, 7) is 2.05. The van der Waals surface area contributed by atoms with Gasteiger partial charge < -0.3 is 38.9 Å². The topological polar surface area (TPSA) is 204 Å². The predicted molar refractivity (Wildman–Crippen MR) is 147 cm³/mol. The number of aliphatic imine (C=N–C) groups is 1. The van der Waals surface area contributed by atoms with Crippen LogP contribution in [0.3, 0.4) is 0 Å². The molecule has 0 spiro atoms. The fraction of sp³-hybridized carbons (Fsp3) is 0.615. The summed E-state index contributed by atoms with van der Waals surface area (Å²) in [7, 11) is 0. The molecule has 0 radical (unpaired) electrons. The molecule has 0 aromatic heterocycles. The van der Waals surface area contributed by atoms with Crippen LogP contribution >= 0.6 is 0 Å². The fourth-order valence-electron chi connectivity index (χ4n) is 3.78. The van der Waals surface area contributed by atoms with E-state index in [0.717, 1.165) is 37.7 Å². The second-order valence-corrected chi connectivity index (χ2v) is 9.07. The highest BCUT2D eigenvalue weighted by molar-refractivity contribution is 5.92. The Kier molecular flexibility index (Phi) is 17.2. The minimum absolute atomic E-state index is 0.0713. The molecule has 208 valence electrons. The number of hydrogen-bond donors (Lipinski definition) is 7. The number of nitrogens with one attached hydrogen (secondary N) is 3. The molecule has 1 rings (SSSR count). The molecule has 11 nitrogen and oxygen atoms in total. The summed E-state index contributed by atoms with van der Waals surface area (Å²) in [5.41, 5.74) is 22.7. The summed E-state index contributed by atoms with van der Waals surface area (Å²) in [5, 5.41) is 8.61. The number of nitrogens with zero attached hydrogens (tertiary/aromatic N) is 1. The first kappa shape index (κ1) is 31.8. The van der Waals surface area contributed by atoms with E-state index in [9.17, 15) is 14.4 Å². The molecular formula is C26H46N8O3. The van der Waals surface area contributed by atoms with Gasteiger partial charge in [0, 0.05) is 13.1 Å². The zero-order valence-corrected chi connectivity index (χ0v) is 21.9. The van der Waals surface area contributed by atoms with Crippen molar-refractivity contribution < 1.29 is 14.4 Å². The van der Waals surface area contributed by atoms with Crippen LogP contribution in [0.1, 0.15) is 63.4 Å². The van der Waals surface area contributed by atoms with E-state index in [1.807, 2.05) is 30.3 Å². The second kappa shape index (κ2) is 19.9. The molecule has 11 heteroatoms. The highest BCUT2D eigenvalue weighted by Crippen LogP contribution is 2.07. The number of unbranched alkanes of at least 4 members (excludes halogenated alkanes) is 4. The van der Waals surface area contributed by atoms with Crippen LogP contribution in [0.2, 0.25) is 0 Å². The Morgan fingerprint density at radius 2 is 1.38 bits per heavy atom. The van der Waals surface area contributed by atoms with E-state index < -0.39 is 12.1 Å². The molecule has 0 fully saturated rings. The Bertz CT molecular complexity index is 815. The first-order chi connectivity index (χ1) is 17.9. The van der Waals surface area contributed by atoms with Gasteiger partial charge in [0.15, 0.2) is 5.96 Å². The van der Waals surface area contributed by atoms with Crippen molar-refractivity contribution in [1.82, 2.24) is 16.0 Å². The van der Waals surface area contributed by atoms with Gasteiger partial charge >= 0.3 is 0 Å². The smallest absolute Gasteiger partial charge is 0.243 e. The Labute approximate surface area is 220 Å². The lowest BCUT2D eigenvalue weighted by Gasteiger charge is -2.23. The number of guanidine groups is 1. The van der Waals surface area contributed by atoms with E-state index in [1.165, 1.54) is 0 Å². The lowest BCUT2D eigenvalue weighted by molar-refractivity contribution is -0.132. The van der Waals surface area contributed by atoms with Gasteiger partial charge in [-0.05, 0) is 76.4 Å². The molecule has 3 amide bonds. The van der Waals surface area contributed by atoms with E-state index in [0.29, 0.717) is 51.9 Å². The van der Waals surface area contributed by atoms with Crippen LogP contribution in [0, 0.1) is 0 Å². The number of nitrogens with two attached hydrogens (primary N) is 4. The molecule has 0 aliphatic rings. The predicted octanol–water partition coefficient (Wildman–Crippen LogP) is 0.0166. The maximum Gasteiger partial charge on any atom is 0.243 e. The van der Waals surface area contributed by atoms with Crippen LogP contribution in [-0.4, -0.2) is 61.9 Å². The summed E-state index contributed by atoms with van der Waals surface area (Å²) in [6, 6.07) is 7.88. The van der Waals surface area contributed by atoms with Crippen LogP contribution in [0.5, 0.6) is 0 Å². The number of carbonyl (C=O) groups excluding carboxylic acids is 3. The van der Waals surface area contributed by atoms with Crippen LogP contribution < -0.4 is 38.9 Å². The lowest BCUT2D eigenvalue weighted by Crippen LogP contribution is -2.54. The van der Waals surface area contributed by atoms with Crippen LogP contribution in [0.4, 0.5) is 0 Å². The molecule has 37 heavy (non-hydrogen) atoms. The number of amides is 3. The summed E-state index contributed by atoms with van der Waals surface area (Å²) >= 11 is 0. The van der Waals surface area contributed by atoms with Gasteiger partial charge in [-0.1, -0.05) is 30.3 Å². The van der Waals surface area contributed by atoms with Gasteiger partial charge in [-0.25, -0.2) is 0 Å². The summed E-state index contributed by atoms with van der Waals surface area (Å²) in [5.74, 6) is -0.791. The van der Waals surface area contributed by atoms with Gasteiger partial charge in [-0.3, -0.25) is 19.4 Å². The van der Waals surface area contributed by atoms with Gasteiger partial charge in [0.1, 0.15) is 12.1 Å². The summed E-state index contributed by atoms with van der Waals surface area (Å²) < 4.78 is 0. The Morgan fingerprint density at radius 3 is 1.97 bits per heavy atom. The first-order valence-electron chi connectivity index (χ1n) is 13.2. The maximum absolute atomic E-state index is 13.2. The van der Waals surface area contributed by atoms with Crippen molar-refractivity contribution in [3.63, 3.8) is 0 Å². The fourth-order valence-corrected chi connectivity index (χ4v) is 3.78. The van der Waals surface area contributed by atoms with Crippen molar-refractivity contribution in [2.75, 3.05) is 26.2 Å². The number of benzene rings is 1. The molecule has 0 aliphatic carbocycles. The normalized spacial score (nSPS) is 12.3. The highest BCUT2D eigenvalue weighted by atomic mass is 16.2. The largest absolute Gasteiger partial charge is 0.370 e. The molecule has 0 saturated carbocycles.